The third-order valence-electron chi connectivity index (χ3n) is 0. The average molecular weight is 509 g/mol. The molecule has 0 aliphatic heterocycles. The third kappa shape index (κ3) is 640. The summed E-state index contributed by atoms with van der Waals surface area (Å²) in [5.74, 6) is 0. The number of hydrogen-bond donors (Lipinski definition) is 0. The maximum Gasteiger partial charge on any atom is 4.00 e. The van der Waals surface area contributed by atoms with E-state index in [-0.39, 0.29) is 39.1 Å². The molecule has 0 unspecified atom stereocenters. The molecule has 0 rings (SSSR count). The fraction of sp³-hybridized carbons (Fsp3) is 0. The van der Waals surface area contributed by atoms with E-state index in [0.717, 1.165) is 0 Å². The summed E-state index contributed by atoms with van der Waals surface area (Å²) in [6, 6.07) is 0. The van der Waals surface area contributed by atoms with Crippen LogP contribution < -0.4 is 0 Å². The van der Waals surface area contributed by atoms with E-state index < -0.39 is 35.6 Å². The Morgan fingerprint density at radius 2 is 0.267 bits per heavy atom. The molecule has 0 spiro atoms. The Labute approximate surface area is 182 Å². The molecule has 30 heteroatoms. The van der Waals surface area contributed by atoms with Gasteiger partial charge in [-0.1, -0.05) is 0 Å². The van der Waals surface area contributed by atoms with E-state index in [1.165, 1.54) is 0 Å². The molecule has 0 radical (unpaired) electrons. The predicted octanol–water partition coefficient (Wildman–Crippen LogP) is -2.06. The minimum atomic E-state index is -1.75. The van der Waals surface area contributed by atoms with Crippen LogP contribution in [0.3, 0.4) is 0 Å². The van der Waals surface area contributed by atoms with E-state index in [1.54, 1.807) is 0 Å². The quantitative estimate of drug-likeness (QED) is 0.192. The molecular formula is AlN7O21Ti. The zero-order chi connectivity index (χ0) is 25.0. The second kappa shape index (κ2) is 49.7. The first-order chi connectivity index (χ1) is 12.1. The molecule has 28 nitrogen and oxygen atoms in total. The van der Waals surface area contributed by atoms with Gasteiger partial charge in [0.05, 0.1) is 35.6 Å². The summed E-state index contributed by atoms with van der Waals surface area (Å²) in [7, 11) is 0. The molecule has 0 aromatic heterocycles. The van der Waals surface area contributed by atoms with Crippen molar-refractivity contribution in [2.45, 2.75) is 0 Å². The molecule has 0 saturated carbocycles. The molecular weight excluding hydrogens is 509 g/mol. The van der Waals surface area contributed by atoms with Crippen LogP contribution in [-0.2, 0) is 21.7 Å². The SMILES string of the molecule is O=[N+]([O-])[O-].O=[N+]([O-])[O-].O=[N+]([O-])[O-].O=[N+]([O-])[O-].O=[N+]([O-])[O-].O=[N+]([O-])[O-].O=[N+]([O-])[O-].[Al+3].[Ti+4]. The van der Waals surface area contributed by atoms with Gasteiger partial charge in [-0.05, 0) is 0 Å². The summed E-state index contributed by atoms with van der Waals surface area (Å²) in [4.78, 5) is 57.8. The Bertz CT molecular complexity index is 314. The second-order valence-corrected chi connectivity index (χ2v) is 1.57. The minimum Gasteiger partial charge on any atom is -0.356 e. The number of rotatable bonds is 0. The van der Waals surface area contributed by atoms with Crippen LogP contribution in [-0.4, -0.2) is 53.0 Å². The smallest absolute Gasteiger partial charge is 0.356 e. The van der Waals surface area contributed by atoms with Crippen molar-refractivity contribution in [3.05, 3.63) is 107 Å². The Kier molecular flexibility index (Phi) is 93.2. The molecule has 0 fully saturated rings. The van der Waals surface area contributed by atoms with Crippen molar-refractivity contribution in [1.29, 1.82) is 0 Å². The zero-order valence-corrected chi connectivity index (χ0v) is 15.5. The van der Waals surface area contributed by atoms with Crippen LogP contribution in [0.2, 0.25) is 0 Å². The van der Waals surface area contributed by atoms with Crippen molar-refractivity contribution in [2.24, 2.45) is 0 Å². The molecule has 0 N–H and O–H groups in total. The molecule has 0 aromatic carbocycles. The average Bonchev–Trinajstić information content (AvgIpc) is 2.20. The van der Waals surface area contributed by atoms with Crippen LogP contribution in [0.1, 0.15) is 0 Å². The van der Waals surface area contributed by atoms with Gasteiger partial charge in [0.1, 0.15) is 0 Å². The maximum atomic E-state index is 8.25. The van der Waals surface area contributed by atoms with Crippen LogP contribution in [0, 0.1) is 107 Å². The van der Waals surface area contributed by atoms with Gasteiger partial charge in [0, 0.05) is 0 Å². The standard InChI is InChI=1S/Al.7NO3.Ti/c;7*2-1(3)4;/q+3;7*-1;+4. The molecule has 0 heterocycles. The van der Waals surface area contributed by atoms with Gasteiger partial charge in [-0.2, -0.15) is 0 Å². The largest absolute Gasteiger partial charge is 4.00 e. The summed E-state index contributed by atoms with van der Waals surface area (Å²) >= 11 is 0. The van der Waals surface area contributed by atoms with Crippen LogP contribution in [0.25, 0.3) is 0 Å². The van der Waals surface area contributed by atoms with Crippen LogP contribution in [0.15, 0.2) is 0 Å². The minimum absolute atomic E-state index is 0. The Balaban J connectivity index is -0.0000000242. The van der Waals surface area contributed by atoms with E-state index in [0.29, 0.717) is 0 Å². The zero-order valence-electron chi connectivity index (χ0n) is 12.8. The molecule has 0 aliphatic rings. The van der Waals surface area contributed by atoms with Gasteiger partial charge in [0.25, 0.3) is 0 Å². The van der Waals surface area contributed by atoms with Gasteiger partial charge in [-0.25, -0.2) is 0 Å². The summed E-state index contributed by atoms with van der Waals surface area (Å²) in [6.45, 7) is 0. The Morgan fingerprint density at radius 3 is 0.267 bits per heavy atom. The van der Waals surface area contributed by atoms with Crippen molar-refractivity contribution in [2.75, 3.05) is 0 Å². The van der Waals surface area contributed by atoms with Crippen LogP contribution in [0.5, 0.6) is 0 Å². The van der Waals surface area contributed by atoms with Gasteiger partial charge in [0.2, 0.25) is 0 Å². The molecule has 0 atom stereocenters. The summed E-state index contributed by atoms with van der Waals surface area (Å²) < 4.78 is 0. The summed E-state index contributed by atoms with van der Waals surface area (Å²) in [6.07, 6.45) is 0. The van der Waals surface area contributed by atoms with Crippen LogP contribution in [0.4, 0.5) is 0 Å². The molecule has 0 saturated heterocycles. The normalized spacial score (nSPS) is 5.60. The van der Waals surface area contributed by atoms with E-state index in [2.05, 4.69) is 0 Å². The van der Waals surface area contributed by atoms with Crippen molar-refractivity contribution < 1.29 is 57.3 Å². The first kappa shape index (κ1) is 56.2. The molecule has 0 aromatic rings. The van der Waals surface area contributed by atoms with Gasteiger partial charge >= 0.3 is 39.1 Å². The predicted molar refractivity (Wildman–Crippen MR) is 78.3 cm³/mol. The Hall–Kier alpha value is -4.35. The van der Waals surface area contributed by atoms with Crippen LogP contribution >= 0.6 is 0 Å². The van der Waals surface area contributed by atoms with Gasteiger partial charge in [0.15, 0.2) is 0 Å². The maximum absolute atomic E-state index is 8.25. The molecule has 30 heavy (non-hydrogen) atoms. The topological polar surface area (TPSA) is 463 Å². The van der Waals surface area contributed by atoms with E-state index >= 15 is 0 Å². The molecule has 0 bridgehead atoms. The van der Waals surface area contributed by atoms with Gasteiger partial charge < -0.3 is 107 Å². The van der Waals surface area contributed by atoms with Crippen molar-refractivity contribution in [1.82, 2.24) is 0 Å². The third-order valence-corrected chi connectivity index (χ3v) is 0. The monoisotopic (exact) mass is 509 g/mol. The van der Waals surface area contributed by atoms with Gasteiger partial charge in [-0.15, -0.1) is 0 Å². The van der Waals surface area contributed by atoms with Crippen molar-refractivity contribution in [3.63, 3.8) is 0 Å². The Morgan fingerprint density at radius 1 is 0.267 bits per heavy atom. The van der Waals surface area contributed by atoms with E-state index in [4.69, 9.17) is 107 Å². The van der Waals surface area contributed by atoms with Crippen molar-refractivity contribution in [3.8, 4) is 0 Å². The number of nitrogens with zero attached hydrogens (tertiary/aromatic N) is 7. The fourth-order valence-corrected chi connectivity index (χ4v) is 0. The molecule has 168 valence electrons. The summed E-state index contributed by atoms with van der Waals surface area (Å²) in [5, 5.41) is 103. The first-order valence-corrected chi connectivity index (χ1v) is 3.83. The van der Waals surface area contributed by atoms with Gasteiger partial charge in [-0.3, -0.25) is 0 Å². The van der Waals surface area contributed by atoms with E-state index in [9.17, 15) is 0 Å². The second-order valence-electron chi connectivity index (χ2n) is 1.57. The number of hydrogen-bond acceptors (Lipinski definition) is 21. The molecule has 0 amide bonds. The first-order valence-electron chi connectivity index (χ1n) is 3.83. The fourth-order valence-electron chi connectivity index (χ4n) is 0. The van der Waals surface area contributed by atoms with Crippen molar-refractivity contribution >= 4 is 17.4 Å². The summed E-state index contributed by atoms with van der Waals surface area (Å²) in [5.41, 5.74) is 0. The molecule has 0 aliphatic carbocycles. The van der Waals surface area contributed by atoms with E-state index in [1.807, 2.05) is 0 Å².